The number of aryl methyl sites for hydroxylation is 1. The maximum atomic E-state index is 14.1. The number of methoxy groups -OCH3 is 2. The molecule has 2 saturated heterocycles. The van der Waals surface area contributed by atoms with Gasteiger partial charge in [0.15, 0.2) is 11.5 Å². The van der Waals surface area contributed by atoms with E-state index < -0.39 is 23.6 Å². The molecule has 414 valence electrons. The molecule has 5 aromatic rings. The Labute approximate surface area is 467 Å². The first-order valence-electron chi connectivity index (χ1n) is 26.9. The number of unbranched alkanes of at least 4 members (excludes halogenated alkanes) is 7. The first kappa shape index (κ1) is 58.9. The molecule has 4 heterocycles. The molecular weight excluding hydrogens is 1040 g/mol. The molecule has 0 bridgehead atoms. The van der Waals surface area contributed by atoms with Gasteiger partial charge >= 0.3 is 0 Å². The lowest BCUT2D eigenvalue weighted by Gasteiger charge is -2.35. The molecule has 3 atom stereocenters. The number of nitrogens with one attached hydrogen (secondary N) is 3. The normalized spacial score (nSPS) is 16.3. The van der Waals surface area contributed by atoms with Crippen LogP contribution in [0.5, 0.6) is 17.2 Å². The third kappa shape index (κ3) is 16.0. The van der Waals surface area contributed by atoms with Crippen LogP contribution in [0.3, 0.4) is 0 Å². The van der Waals surface area contributed by atoms with Crippen LogP contribution in [-0.4, -0.2) is 132 Å². The van der Waals surface area contributed by atoms with Crippen molar-refractivity contribution >= 4 is 74.5 Å². The number of thiazole rings is 1. The number of halogens is 2. The van der Waals surface area contributed by atoms with Gasteiger partial charge in [-0.25, -0.2) is 4.98 Å². The van der Waals surface area contributed by atoms with Crippen molar-refractivity contribution in [3.05, 3.63) is 87.1 Å². The van der Waals surface area contributed by atoms with Gasteiger partial charge in [0.1, 0.15) is 17.9 Å². The first-order chi connectivity index (χ1) is 37.1. The number of hydrogen-bond acceptors (Lipinski definition) is 14. The first-order valence-corrected chi connectivity index (χ1v) is 28.5. The minimum Gasteiger partial charge on any atom is -0.495 e. The van der Waals surface area contributed by atoms with Gasteiger partial charge < -0.3 is 45.1 Å². The zero-order valence-corrected chi connectivity index (χ0v) is 47.7. The van der Waals surface area contributed by atoms with Crippen LogP contribution in [0.2, 0.25) is 10.0 Å². The standard InChI is InChI=1S/C58H75Cl2N9O7S/c1-38-54(77-37-65-38)40-19-17-39(18-20-40)34-64-56(72)48-28-42(70)36-69(48)57(73)55(58(2,3)4)62-21-14-12-10-8-7-9-11-13-16-52(71)68-25-23-67(24-26-68)22-15-27-76-51-31-46-43(29-50(51)75-6)53(41(33-61)35-63-46)66-47-32-49(74-5)45(60)30-44(47)59/h17-20,29-32,35,37,42,48,55,62,70H,7-16,21-28,34,36H2,1-6H3,(H,63,66)(H,64,72)/t42?,48?,55-/m1/s1. The second-order valence-corrected chi connectivity index (χ2v) is 22.8. The predicted octanol–water partition coefficient (Wildman–Crippen LogP) is 10.3. The second-order valence-electron chi connectivity index (χ2n) is 21.1. The fourth-order valence-electron chi connectivity index (χ4n) is 10.1. The average molecular weight is 1110 g/mol. The van der Waals surface area contributed by atoms with Gasteiger partial charge in [-0.05, 0) is 61.4 Å². The number of aliphatic hydroxyl groups excluding tert-OH is 1. The zero-order valence-electron chi connectivity index (χ0n) is 45.4. The number of carbonyl (C=O) groups is 3. The highest BCUT2D eigenvalue weighted by molar-refractivity contribution is 7.13. The molecular formula is C58H75Cl2N9O7S. The van der Waals surface area contributed by atoms with Crippen LogP contribution in [0.4, 0.5) is 11.4 Å². The second kappa shape index (κ2) is 28.2. The van der Waals surface area contributed by atoms with Gasteiger partial charge in [-0.3, -0.25) is 24.3 Å². The van der Waals surface area contributed by atoms with Gasteiger partial charge in [0.2, 0.25) is 17.7 Å². The smallest absolute Gasteiger partial charge is 0.243 e. The van der Waals surface area contributed by atoms with E-state index >= 15 is 0 Å². The van der Waals surface area contributed by atoms with Crippen molar-refractivity contribution in [3.63, 3.8) is 0 Å². The third-order valence-electron chi connectivity index (χ3n) is 14.4. The highest BCUT2D eigenvalue weighted by Gasteiger charge is 2.43. The van der Waals surface area contributed by atoms with Gasteiger partial charge in [0.25, 0.3) is 0 Å². The summed E-state index contributed by atoms with van der Waals surface area (Å²) in [5.74, 6) is 1.32. The number of pyridine rings is 1. The van der Waals surface area contributed by atoms with E-state index in [1.165, 1.54) is 13.3 Å². The Morgan fingerprint density at radius 2 is 1.58 bits per heavy atom. The maximum Gasteiger partial charge on any atom is 0.243 e. The van der Waals surface area contributed by atoms with Crippen LogP contribution in [0, 0.1) is 23.7 Å². The van der Waals surface area contributed by atoms with Crippen LogP contribution in [0.25, 0.3) is 21.3 Å². The van der Waals surface area contributed by atoms with Crippen LogP contribution in [0.15, 0.2) is 60.2 Å². The fourth-order valence-corrected chi connectivity index (χ4v) is 11.4. The Hall–Kier alpha value is -5.74. The van der Waals surface area contributed by atoms with E-state index in [4.69, 9.17) is 37.4 Å². The molecule has 3 aromatic carbocycles. The molecule has 0 radical (unpaired) electrons. The number of hydrogen-bond donors (Lipinski definition) is 4. The number of anilines is 2. The number of ether oxygens (including phenoxy) is 3. The van der Waals surface area contributed by atoms with Crippen LogP contribution < -0.4 is 30.2 Å². The number of rotatable bonds is 26. The number of carbonyl (C=O) groups excluding carboxylic acids is 3. The number of benzene rings is 3. The minimum absolute atomic E-state index is 0.139. The summed E-state index contributed by atoms with van der Waals surface area (Å²) < 4.78 is 17.3. The number of likely N-dealkylation sites (tertiary alicyclic amines) is 1. The Morgan fingerprint density at radius 1 is 0.883 bits per heavy atom. The monoisotopic (exact) mass is 1110 g/mol. The van der Waals surface area contributed by atoms with Crippen molar-refractivity contribution in [2.45, 2.75) is 123 Å². The van der Waals surface area contributed by atoms with E-state index in [-0.39, 0.29) is 30.7 Å². The molecule has 0 aliphatic carbocycles. The molecule has 4 N–H and O–H groups in total. The topological polar surface area (TPSA) is 195 Å². The summed E-state index contributed by atoms with van der Waals surface area (Å²) in [7, 11) is 3.09. The summed E-state index contributed by atoms with van der Waals surface area (Å²) >= 11 is 14.4. The SMILES string of the molecule is COc1cc(Nc2c(C#N)cnc3cc(OCCCN4CCN(C(=O)CCCCCCCCCCN[C@H](C(=O)N5CC(O)CC5C(=O)NCc5ccc(-c6scnc6C)cc5)C(C)(C)C)CC4)c(OC)cc23)c(Cl)cc1Cl. The highest BCUT2D eigenvalue weighted by atomic mass is 35.5. The van der Waals surface area contributed by atoms with E-state index in [1.54, 1.807) is 41.5 Å². The molecule has 2 aliphatic heterocycles. The molecule has 2 aromatic heterocycles. The summed E-state index contributed by atoms with van der Waals surface area (Å²) in [4.78, 5) is 56.6. The van der Waals surface area contributed by atoms with Gasteiger partial charge in [-0.2, -0.15) is 5.26 Å². The zero-order chi connectivity index (χ0) is 55.1. The Morgan fingerprint density at radius 3 is 2.25 bits per heavy atom. The summed E-state index contributed by atoms with van der Waals surface area (Å²) in [6, 6.07) is 15.9. The molecule has 3 amide bonds. The Bertz CT molecular complexity index is 2830. The molecule has 0 spiro atoms. The average Bonchev–Trinajstić information content (AvgIpc) is 4.04. The molecule has 19 heteroatoms. The van der Waals surface area contributed by atoms with Gasteiger partial charge in [0, 0.05) is 82.4 Å². The van der Waals surface area contributed by atoms with Crippen molar-refractivity contribution in [2.75, 3.05) is 72.0 Å². The molecule has 2 unspecified atom stereocenters. The van der Waals surface area contributed by atoms with Crippen LogP contribution in [0.1, 0.15) is 108 Å². The van der Waals surface area contributed by atoms with Crippen LogP contribution in [-0.2, 0) is 20.9 Å². The maximum absolute atomic E-state index is 14.1. The number of amides is 3. The molecule has 16 nitrogen and oxygen atoms in total. The van der Waals surface area contributed by atoms with Gasteiger partial charge in [0.05, 0.1) is 81.6 Å². The summed E-state index contributed by atoms with van der Waals surface area (Å²) in [6.45, 7) is 13.7. The molecule has 0 saturated carbocycles. The van der Waals surface area contributed by atoms with Crippen molar-refractivity contribution in [1.29, 1.82) is 5.26 Å². The van der Waals surface area contributed by atoms with Crippen molar-refractivity contribution in [3.8, 4) is 33.8 Å². The number of nitriles is 1. The number of aromatic nitrogens is 2. The van der Waals surface area contributed by atoms with Crippen molar-refractivity contribution in [2.24, 2.45) is 5.41 Å². The number of piperazine rings is 1. The summed E-state index contributed by atoms with van der Waals surface area (Å²) in [5, 5.41) is 31.7. The Balaban J connectivity index is 0.738. The lowest BCUT2D eigenvalue weighted by Crippen LogP contribution is -2.56. The molecule has 7 rings (SSSR count). The molecule has 2 aliphatic rings. The largest absolute Gasteiger partial charge is 0.495 e. The molecule has 2 fully saturated rings. The highest BCUT2D eigenvalue weighted by Crippen LogP contribution is 2.41. The number of aliphatic hydroxyl groups is 1. The number of β-amino-alcohol motifs (C(OH)–C–C–N with tert-alkyl or cyclic N) is 1. The minimum atomic E-state index is -0.752. The lowest BCUT2D eigenvalue weighted by molar-refractivity contribution is -0.142. The van der Waals surface area contributed by atoms with Crippen LogP contribution >= 0.6 is 34.5 Å². The Kier molecular flexibility index (Phi) is 21.6. The van der Waals surface area contributed by atoms with Crippen molar-refractivity contribution in [1.82, 2.24) is 35.3 Å². The van der Waals surface area contributed by atoms with E-state index in [0.29, 0.717) is 81.3 Å². The van der Waals surface area contributed by atoms with E-state index in [1.807, 2.05) is 68.4 Å². The fraction of sp³-hybridized carbons (Fsp3) is 0.517. The molecule has 77 heavy (non-hydrogen) atoms. The van der Waals surface area contributed by atoms with Gasteiger partial charge in [-0.15, -0.1) is 11.3 Å². The summed E-state index contributed by atoms with van der Waals surface area (Å²) in [5.41, 5.74) is 6.44. The lowest BCUT2D eigenvalue weighted by atomic mass is 9.85. The number of fused-ring (bicyclic) bond motifs is 1. The predicted molar refractivity (Wildman–Crippen MR) is 305 cm³/mol. The van der Waals surface area contributed by atoms with Crippen molar-refractivity contribution < 1.29 is 33.7 Å². The van der Waals surface area contributed by atoms with E-state index in [0.717, 1.165) is 112 Å². The third-order valence-corrected chi connectivity index (χ3v) is 16.0. The number of nitrogens with zero attached hydrogens (tertiary/aromatic N) is 6. The quantitative estimate of drug-likeness (QED) is 0.0383. The van der Waals surface area contributed by atoms with E-state index in [9.17, 15) is 24.8 Å². The van der Waals surface area contributed by atoms with Gasteiger partial charge in [-0.1, -0.05) is 107 Å². The summed E-state index contributed by atoms with van der Waals surface area (Å²) in [6.07, 6.45) is 10.8. The van der Waals surface area contributed by atoms with E-state index in [2.05, 4.69) is 36.9 Å².